The molecule has 12 heteroatoms. The van der Waals surface area contributed by atoms with Gasteiger partial charge < -0.3 is 26.8 Å². The summed E-state index contributed by atoms with van der Waals surface area (Å²) in [5.74, 6) is -0.765. The average Bonchev–Trinajstić information content (AvgIpc) is 2.68. The van der Waals surface area contributed by atoms with Crippen molar-refractivity contribution in [1.29, 1.82) is 0 Å². The van der Waals surface area contributed by atoms with Crippen molar-refractivity contribution in [3.05, 3.63) is 29.3 Å². The lowest BCUT2D eigenvalue weighted by atomic mass is 10.0. The van der Waals surface area contributed by atoms with Crippen LogP contribution < -0.4 is 21.7 Å². The lowest BCUT2D eigenvalue weighted by Crippen LogP contribution is -2.40. The molecule has 29 heavy (non-hydrogen) atoms. The Morgan fingerprint density at radius 2 is 2.03 bits per heavy atom. The molecule has 0 bridgehead atoms. The molecule has 0 saturated carbocycles. The first-order valence-corrected chi connectivity index (χ1v) is 10.3. The Kier molecular flexibility index (Phi) is 10.1. The first-order valence-electron chi connectivity index (χ1n) is 8.77. The highest BCUT2D eigenvalue weighted by Gasteiger charge is 2.18. The Morgan fingerprint density at radius 3 is 2.62 bits per heavy atom. The number of carbonyl (C=O) groups excluding carboxylic acids is 3. The summed E-state index contributed by atoms with van der Waals surface area (Å²) in [5.41, 5.74) is 6.40. The molecule has 1 aromatic carbocycles. The van der Waals surface area contributed by atoms with Gasteiger partial charge >= 0.3 is 6.03 Å². The second kappa shape index (κ2) is 12.0. The molecule has 1 atom stereocenters. The van der Waals surface area contributed by atoms with E-state index in [0.29, 0.717) is 29.6 Å². The molecule has 0 aliphatic rings. The molecule has 1 aromatic rings. The molecule has 6 N–H and O–H groups in total. The SMILES string of the molecule is COS(=O)(=O)CCc1cc(NC(=O)C(CCCNC(N)=O)NC=O)ccc1CO. The monoisotopic (exact) mass is 430 g/mol. The second-order valence-corrected chi connectivity index (χ2v) is 7.94. The first-order chi connectivity index (χ1) is 13.7. The molecule has 0 saturated heterocycles. The van der Waals surface area contributed by atoms with Crippen LogP contribution in [-0.4, -0.2) is 57.3 Å². The van der Waals surface area contributed by atoms with Crippen LogP contribution in [-0.2, 0) is 36.9 Å². The van der Waals surface area contributed by atoms with E-state index < -0.39 is 28.1 Å². The molecule has 4 amide bonds. The van der Waals surface area contributed by atoms with Crippen LogP contribution in [0.25, 0.3) is 0 Å². The first kappa shape index (κ1) is 24.3. The van der Waals surface area contributed by atoms with Gasteiger partial charge in [-0.15, -0.1) is 0 Å². The van der Waals surface area contributed by atoms with E-state index in [2.05, 4.69) is 20.1 Å². The van der Waals surface area contributed by atoms with Gasteiger partial charge in [0, 0.05) is 12.2 Å². The predicted molar refractivity (Wildman–Crippen MR) is 105 cm³/mol. The minimum absolute atomic E-state index is 0.0879. The van der Waals surface area contributed by atoms with Crippen LogP contribution >= 0.6 is 0 Å². The number of hydrogen-bond donors (Lipinski definition) is 5. The maximum Gasteiger partial charge on any atom is 0.312 e. The Labute approximate surface area is 169 Å². The molecule has 0 spiro atoms. The standard InChI is InChI=1S/C17H26N4O7S/c1-28-29(26,27)8-6-12-9-14(5-4-13(12)10-22)21-16(24)15(20-11-23)3-2-7-19-17(18)25/h4-5,9,11,15,22H,2-3,6-8,10H2,1H3,(H,20,23)(H,21,24)(H3,18,19,25). The van der Waals surface area contributed by atoms with E-state index in [1.165, 1.54) is 0 Å². The van der Waals surface area contributed by atoms with Crippen LogP contribution in [0.1, 0.15) is 24.0 Å². The number of hydrogen-bond acceptors (Lipinski definition) is 7. The lowest BCUT2D eigenvalue weighted by Gasteiger charge is -2.17. The highest BCUT2D eigenvalue weighted by Crippen LogP contribution is 2.18. The molecule has 0 aliphatic carbocycles. The van der Waals surface area contributed by atoms with Crippen LogP contribution in [0.4, 0.5) is 10.5 Å². The summed E-state index contributed by atoms with van der Waals surface area (Å²) in [7, 11) is -2.61. The van der Waals surface area contributed by atoms with Crippen LogP contribution in [0.15, 0.2) is 18.2 Å². The Hall–Kier alpha value is -2.70. The third kappa shape index (κ3) is 8.89. The van der Waals surface area contributed by atoms with Crippen LogP contribution in [0.2, 0.25) is 0 Å². The summed E-state index contributed by atoms with van der Waals surface area (Å²) in [4.78, 5) is 33.9. The number of benzene rings is 1. The van der Waals surface area contributed by atoms with Gasteiger partial charge in [0.25, 0.3) is 10.1 Å². The number of aryl methyl sites for hydroxylation is 1. The maximum atomic E-state index is 12.5. The summed E-state index contributed by atoms with van der Waals surface area (Å²) in [5, 5.41) is 16.9. The number of primary amides is 1. The maximum absolute atomic E-state index is 12.5. The van der Waals surface area contributed by atoms with Gasteiger partial charge in [0.1, 0.15) is 6.04 Å². The lowest BCUT2D eigenvalue weighted by molar-refractivity contribution is -0.121. The van der Waals surface area contributed by atoms with Gasteiger partial charge in [-0.2, -0.15) is 8.42 Å². The van der Waals surface area contributed by atoms with E-state index >= 15 is 0 Å². The van der Waals surface area contributed by atoms with Crippen molar-refractivity contribution in [2.24, 2.45) is 5.73 Å². The van der Waals surface area contributed by atoms with Gasteiger partial charge in [-0.1, -0.05) is 6.07 Å². The topological polar surface area (TPSA) is 177 Å². The summed E-state index contributed by atoms with van der Waals surface area (Å²) < 4.78 is 27.5. The van der Waals surface area contributed by atoms with E-state index in [1.54, 1.807) is 18.2 Å². The average molecular weight is 430 g/mol. The van der Waals surface area contributed by atoms with Crippen molar-refractivity contribution in [2.75, 3.05) is 24.7 Å². The third-order valence-electron chi connectivity index (χ3n) is 4.07. The third-order valence-corrected chi connectivity index (χ3v) is 5.29. The fourth-order valence-corrected chi connectivity index (χ4v) is 3.16. The number of rotatable bonds is 13. The van der Waals surface area contributed by atoms with Gasteiger partial charge in [0.2, 0.25) is 12.3 Å². The summed E-state index contributed by atoms with van der Waals surface area (Å²) in [6, 6.07) is 3.17. The van der Waals surface area contributed by atoms with Gasteiger partial charge in [-0.05, 0) is 42.5 Å². The van der Waals surface area contributed by atoms with E-state index in [-0.39, 0.29) is 31.7 Å². The molecule has 0 aromatic heterocycles. The molecule has 0 heterocycles. The number of amides is 4. The Morgan fingerprint density at radius 1 is 1.31 bits per heavy atom. The van der Waals surface area contributed by atoms with Crippen molar-refractivity contribution in [1.82, 2.24) is 10.6 Å². The Balaban J connectivity index is 2.82. The fourth-order valence-electron chi connectivity index (χ4n) is 2.53. The molecule has 0 aliphatic heterocycles. The van der Waals surface area contributed by atoms with Crippen molar-refractivity contribution >= 4 is 34.2 Å². The molecular formula is C17H26N4O7S. The Bertz CT molecular complexity index is 814. The smallest absolute Gasteiger partial charge is 0.312 e. The van der Waals surface area contributed by atoms with E-state index in [0.717, 1.165) is 7.11 Å². The minimum atomic E-state index is -3.67. The second-order valence-electron chi connectivity index (χ2n) is 6.08. The van der Waals surface area contributed by atoms with Crippen molar-refractivity contribution < 1.29 is 32.1 Å². The summed E-state index contributed by atoms with van der Waals surface area (Å²) in [6.07, 6.45) is 1.16. The number of aliphatic hydroxyl groups excluding tert-OH is 1. The van der Waals surface area contributed by atoms with Crippen molar-refractivity contribution in [2.45, 2.75) is 31.9 Å². The van der Waals surface area contributed by atoms with Crippen LogP contribution in [0, 0.1) is 0 Å². The van der Waals surface area contributed by atoms with Crippen molar-refractivity contribution in [3.8, 4) is 0 Å². The van der Waals surface area contributed by atoms with Gasteiger partial charge in [0.15, 0.2) is 0 Å². The van der Waals surface area contributed by atoms with Crippen LogP contribution in [0.3, 0.4) is 0 Å². The zero-order chi connectivity index (χ0) is 21.9. The highest BCUT2D eigenvalue weighted by molar-refractivity contribution is 7.86. The number of anilines is 1. The van der Waals surface area contributed by atoms with Crippen LogP contribution in [0.5, 0.6) is 0 Å². The van der Waals surface area contributed by atoms with E-state index in [9.17, 15) is 27.9 Å². The van der Waals surface area contributed by atoms with E-state index in [4.69, 9.17) is 5.73 Å². The van der Waals surface area contributed by atoms with Gasteiger partial charge in [0.05, 0.1) is 19.5 Å². The molecule has 1 unspecified atom stereocenters. The summed E-state index contributed by atoms with van der Waals surface area (Å²) in [6.45, 7) is -0.0399. The molecule has 0 fully saturated rings. The van der Waals surface area contributed by atoms with Gasteiger partial charge in [-0.3, -0.25) is 13.8 Å². The van der Waals surface area contributed by atoms with Gasteiger partial charge in [-0.25, -0.2) is 4.79 Å². The normalized spacial score (nSPS) is 12.1. The van der Waals surface area contributed by atoms with Crippen molar-refractivity contribution in [3.63, 3.8) is 0 Å². The number of nitrogens with two attached hydrogens (primary N) is 1. The number of carbonyl (C=O) groups is 3. The minimum Gasteiger partial charge on any atom is -0.392 e. The molecule has 0 radical (unpaired) electrons. The molecule has 1 rings (SSSR count). The quantitative estimate of drug-likeness (QED) is 0.154. The molecule has 11 nitrogen and oxygen atoms in total. The number of aliphatic hydroxyl groups is 1. The summed E-state index contributed by atoms with van der Waals surface area (Å²) >= 11 is 0. The van der Waals surface area contributed by atoms with E-state index in [1.807, 2.05) is 0 Å². The molecular weight excluding hydrogens is 404 g/mol. The zero-order valence-corrected chi connectivity index (χ0v) is 16.8. The zero-order valence-electron chi connectivity index (χ0n) is 16.0. The number of nitrogens with one attached hydrogen (secondary N) is 3. The number of urea groups is 1. The fraction of sp³-hybridized carbons (Fsp3) is 0.471. The molecule has 162 valence electrons. The predicted octanol–water partition coefficient (Wildman–Crippen LogP) is -0.801. The largest absolute Gasteiger partial charge is 0.392 e. The highest BCUT2D eigenvalue weighted by atomic mass is 32.2.